The summed E-state index contributed by atoms with van der Waals surface area (Å²) in [5.41, 5.74) is 2.36. The zero-order chi connectivity index (χ0) is 10.1. The molecule has 0 radical (unpaired) electrons. The van der Waals surface area contributed by atoms with E-state index in [2.05, 4.69) is 26.1 Å². The van der Waals surface area contributed by atoms with Crippen LogP contribution in [0.2, 0.25) is 0 Å². The first-order chi connectivity index (χ1) is 7.45. The molecule has 0 spiro atoms. The molecule has 15 heavy (non-hydrogen) atoms. The van der Waals surface area contributed by atoms with Gasteiger partial charge in [0, 0.05) is 25.0 Å². The van der Waals surface area contributed by atoms with Crippen LogP contribution in [0.25, 0.3) is 0 Å². The monoisotopic (exact) mass is 200 g/mol. The minimum absolute atomic E-state index is 0.976. The van der Waals surface area contributed by atoms with Gasteiger partial charge in [0.2, 0.25) is 0 Å². The normalized spacial score (nSPS) is 15.1. The summed E-state index contributed by atoms with van der Waals surface area (Å²) in [5, 5.41) is 7.06. The minimum atomic E-state index is 0.976. The number of hydrogen-bond acceptors (Lipinski definition) is 3. The maximum Gasteiger partial charge on any atom is 0.154 e. The summed E-state index contributed by atoms with van der Waals surface area (Å²) in [6, 6.07) is 6.07. The summed E-state index contributed by atoms with van der Waals surface area (Å²) in [6.07, 6.45) is 5.90. The van der Waals surface area contributed by atoms with Crippen LogP contribution in [0.15, 0.2) is 30.6 Å². The maximum absolute atomic E-state index is 4.40. The van der Waals surface area contributed by atoms with Crippen molar-refractivity contribution in [3.05, 3.63) is 36.3 Å². The third-order valence-corrected chi connectivity index (χ3v) is 2.71. The van der Waals surface area contributed by atoms with Crippen molar-refractivity contribution in [3.8, 4) is 0 Å². The number of fused-ring (bicyclic) bond motifs is 1. The Morgan fingerprint density at radius 1 is 1.33 bits per heavy atom. The van der Waals surface area contributed by atoms with Crippen LogP contribution >= 0.6 is 0 Å². The molecule has 1 N–H and O–H groups in total. The standard InChI is InChI=1S/C11H12N4/c1-4-10-9(12-6-1)3-2-8-15(10)11-5-7-13-14-11/h1,4-7H,2-3,8H2,(H,13,14). The summed E-state index contributed by atoms with van der Waals surface area (Å²) < 4.78 is 0. The van der Waals surface area contributed by atoms with Crippen LogP contribution in [-0.4, -0.2) is 21.7 Å². The lowest BCUT2D eigenvalue weighted by molar-refractivity contribution is 0.738. The fraction of sp³-hybridized carbons (Fsp3) is 0.273. The molecule has 0 fully saturated rings. The van der Waals surface area contributed by atoms with E-state index < -0.39 is 0 Å². The van der Waals surface area contributed by atoms with Gasteiger partial charge in [-0.25, -0.2) is 0 Å². The van der Waals surface area contributed by atoms with Crippen LogP contribution < -0.4 is 4.90 Å². The van der Waals surface area contributed by atoms with Gasteiger partial charge in [-0.3, -0.25) is 10.1 Å². The Bertz CT molecular complexity index is 449. The van der Waals surface area contributed by atoms with Gasteiger partial charge >= 0.3 is 0 Å². The molecular formula is C11H12N4. The molecule has 3 heterocycles. The van der Waals surface area contributed by atoms with Gasteiger partial charge in [0.25, 0.3) is 0 Å². The van der Waals surface area contributed by atoms with Gasteiger partial charge in [0.15, 0.2) is 5.82 Å². The Morgan fingerprint density at radius 2 is 2.33 bits per heavy atom. The van der Waals surface area contributed by atoms with Gasteiger partial charge in [-0.15, -0.1) is 0 Å². The van der Waals surface area contributed by atoms with E-state index in [0.29, 0.717) is 0 Å². The third kappa shape index (κ3) is 1.38. The quantitative estimate of drug-likeness (QED) is 0.764. The van der Waals surface area contributed by atoms with Crippen molar-refractivity contribution in [2.75, 3.05) is 11.4 Å². The number of pyridine rings is 1. The van der Waals surface area contributed by atoms with Crippen LogP contribution in [0.1, 0.15) is 12.1 Å². The lowest BCUT2D eigenvalue weighted by Gasteiger charge is -2.28. The average molecular weight is 200 g/mol. The van der Waals surface area contributed by atoms with E-state index in [1.54, 1.807) is 0 Å². The zero-order valence-electron chi connectivity index (χ0n) is 8.35. The van der Waals surface area contributed by atoms with Crippen molar-refractivity contribution >= 4 is 11.5 Å². The van der Waals surface area contributed by atoms with Crippen molar-refractivity contribution in [2.24, 2.45) is 0 Å². The van der Waals surface area contributed by atoms with E-state index in [-0.39, 0.29) is 0 Å². The highest BCUT2D eigenvalue weighted by Gasteiger charge is 2.19. The van der Waals surface area contributed by atoms with E-state index in [0.717, 1.165) is 25.2 Å². The Kier molecular flexibility index (Phi) is 1.91. The van der Waals surface area contributed by atoms with Gasteiger partial charge in [0.1, 0.15) is 0 Å². The molecule has 2 aromatic heterocycles. The molecule has 0 amide bonds. The minimum Gasteiger partial charge on any atom is -0.323 e. The second-order valence-electron chi connectivity index (χ2n) is 3.66. The SMILES string of the molecule is c1cnc2c(c1)N(c1cc[nH]n1)CCC2. The largest absolute Gasteiger partial charge is 0.323 e. The highest BCUT2D eigenvalue weighted by Crippen LogP contribution is 2.30. The van der Waals surface area contributed by atoms with Crippen LogP contribution in [0.3, 0.4) is 0 Å². The van der Waals surface area contributed by atoms with Gasteiger partial charge in [-0.05, 0) is 25.0 Å². The molecule has 0 saturated heterocycles. The van der Waals surface area contributed by atoms with Crippen molar-refractivity contribution < 1.29 is 0 Å². The summed E-state index contributed by atoms with van der Waals surface area (Å²) >= 11 is 0. The molecule has 0 unspecified atom stereocenters. The van der Waals surface area contributed by atoms with Crippen LogP contribution in [0.4, 0.5) is 11.5 Å². The molecule has 0 atom stereocenters. The van der Waals surface area contributed by atoms with E-state index in [4.69, 9.17) is 0 Å². The zero-order valence-corrected chi connectivity index (χ0v) is 8.35. The van der Waals surface area contributed by atoms with Crippen LogP contribution in [0, 0.1) is 0 Å². The first-order valence-electron chi connectivity index (χ1n) is 5.16. The Labute approximate surface area is 88.0 Å². The fourth-order valence-corrected chi connectivity index (χ4v) is 2.03. The first-order valence-corrected chi connectivity index (χ1v) is 5.16. The molecule has 3 rings (SSSR count). The van der Waals surface area contributed by atoms with Gasteiger partial charge in [-0.2, -0.15) is 5.10 Å². The smallest absolute Gasteiger partial charge is 0.154 e. The lowest BCUT2D eigenvalue weighted by atomic mass is 10.1. The van der Waals surface area contributed by atoms with Crippen molar-refractivity contribution in [1.29, 1.82) is 0 Å². The maximum atomic E-state index is 4.40. The van der Waals surface area contributed by atoms with E-state index in [9.17, 15) is 0 Å². The number of nitrogens with zero attached hydrogens (tertiary/aromatic N) is 3. The second kappa shape index (κ2) is 3.38. The molecule has 2 aromatic rings. The summed E-state index contributed by atoms with van der Waals surface area (Å²) in [7, 11) is 0. The molecule has 0 bridgehead atoms. The Balaban J connectivity index is 2.06. The number of nitrogens with one attached hydrogen (secondary N) is 1. The number of hydrogen-bond donors (Lipinski definition) is 1. The van der Waals surface area contributed by atoms with Crippen LogP contribution in [0.5, 0.6) is 0 Å². The van der Waals surface area contributed by atoms with Gasteiger partial charge < -0.3 is 4.90 Å². The second-order valence-corrected chi connectivity index (χ2v) is 3.66. The van der Waals surface area contributed by atoms with E-state index >= 15 is 0 Å². The number of aromatic amines is 1. The molecule has 76 valence electrons. The highest BCUT2D eigenvalue weighted by molar-refractivity contribution is 5.63. The first kappa shape index (κ1) is 8.47. The fourth-order valence-electron chi connectivity index (χ4n) is 2.03. The number of H-pyrrole nitrogens is 1. The third-order valence-electron chi connectivity index (χ3n) is 2.71. The molecular weight excluding hydrogens is 188 g/mol. The van der Waals surface area contributed by atoms with Crippen molar-refractivity contribution in [3.63, 3.8) is 0 Å². The van der Waals surface area contributed by atoms with E-state index in [1.807, 2.05) is 24.5 Å². The average Bonchev–Trinajstić information content (AvgIpc) is 2.82. The van der Waals surface area contributed by atoms with Crippen LogP contribution in [-0.2, 0) is 6.42 Å². The number of aryl methyl sites for hydroxylation is 1. The molecule has 4 nitrogen and oxygen atoms in total. The Hall–Kier alpha value is -1.84. The number of aromatic nitrogens is 3. The van der Waals surface area contributed by atoms with Gasteiger partial charge in [0.05, 0.1) is 11.4 Å². The molecule has 4 heteroatoms. The Morgan fingerprint density at radius 3 is 3.20 bits per heavy atom. The summed E-state index contributed by atoms with van der Waals surface area (Å²) in [6.45, 7) is 1.02. The predicted octanol–water partition coefficient (Wildman–Crippen LogP) is 1.89. The van der Waals surface area contributed by atoms with Crippen molar-refractivity contribution in [1.82, 2.24) is 15.2 Å². The summed E-state index contributed by atoms with van der Waals surface area (Å²) in [4.78, 5) is 6.61. The molecule has 1 aliphatic rings. The van der Waals surface area contributed by atoms with Gasteiger partial charge in [-0.1, -0.05) is 0 Å². The number of rotatable bonds is 1. The van der Waals surface area contributed by atoms with Crippen molar-refractivity contribution in [2.45, 2.75) is 12.8 Å². The molecule has 0 aromatic carbocycles. The molecule has 1 aliphatic heterocycles. The molecule has 0 saturated carbocycles. The predicted molar refractivity (Wildman–Crippen MR) is 58.2 cm³/mol. The topological polar surface area (TPSA) is 44.8 Å². The van der Waals surface area contributed by atoms with E-state index in [1.165, 1.54) is 11.4 Å². The lowest BCUT2D eigenvalue weighted by Crippen LogP contribution is -2.25. The summed E-state index contributed by atoms with van der Waals surface area (Å²) in [5.74, 6) is 0.976. The highest BCUT2D eigenvalue weighted by atomic mass is 15.3. The molecule has 0 aliphatic carbocycles. The number of anilines is 2.